The van der Waals surface area contributed by atoms with E-state index in [1.807, 2.05) is 19.1 Å². The van der Waals surface area contributed by atoms with Crippen LogP contribution in [0.15, 0.2) is 24.3 Å². The molecule has 0 saturated carbocycles. The second-order valence-electron chi connectivity index (χ2n) is 3.58. The summed E-state index contributed by atoms with van der Waals surface area (Å²) >= 11 is 0. The largest absolute Gasteiger partial charge is 0.461 e. The molecule has 0 aromatic heterocycles. The molecule has 0 heterocycles. The Morgan fingerprint density at radius 3 is 2.27 bits per heavy atom. The van der Waals surface area contributed by atoms with E-state index in [9.17, 15) is 4.79 Å². The lowest BCUT2D eigenvalue weighted by molar-refractivity contribution is -0.144. The summed E-state index contributed by atoms with van der Waals surface area (Å²) in [7, 11) is 0. The van der Waals surface area contributed by atoms with E-state index >= 15 is 0 Å². The van der Waals surface area contributed by atoms with Crippen LogP contribution >= 0.6 is 0 Å². The van der Waals surface area contributed by atoms with Gasteiger partial charge in [0.25, 0.3) is 0 Å². The van der Waals surface area contributed by atoms with E-state index in [0.717, 1.165) is 18.4 Å². The average molecular weight is 206 g/mol. The van der Waals surface area contributed by atoms with E-state index in [4.69, 9.17) is 4.74 Å². The SMILES string of the molecule is CCCC(=O)OCc1ccc(CC)cc1. The van der Waals surface area contributed by atoms with Crippen LogP contribution in [-0.2, 0) is 22.6 Å². The molecule has 82 valence electrons. The number of ether oxygens (including phenoxy) is 1. The van der Waals surface area contributed by atoms with Crippen molar-refractivity contribution in [3.63, 3.8) is 0 Å². The van der Waals surface area contributed by atoms with Crippen molar-refractivity contribution in [3.8, 4) is 0 Å². The molecule has 0 N–H and O–H groups in total. The van der Waals surface area contributed by atoms with Crippen LogP contribution in [0.25, 0.3) is 0 Å². The Kier molecular flexibility index (Phi) is 4.88. The van der Waals surface area contributed by atoms with E-state index in [1.54, 1.807) is 0 Å². The van der Waals surface area contributed by atoms with Gasteiger partial charge in [0.1, 0.15) is 6.61 Å². The van der Waals surface area contributed by atoms with Crippen LogP contribution in [0.1, 0.15) is 37.8 Å². The second kappa shape index (κ2) is 6.23. The molecule has 15 heavy (non-hydrogen) atoms. The highest BCUT2D eigenvalue weighted by Gasteiger charge is 2.01. The first-order valence-electron chi connectivity index (χ1n) is 5.49. The molecule has 0 saturated heterocycles. The van der Waals surface area contributed by atoms with Crippen LogP contribution in [0.5, 0.6) is 0 Å². The Morgan fingerprint density at radius 1 is 1.13 bits per heavy atom. The van der Waals surface area contributed by atoms with Gasteiger partial charge in [0.15, 0.2) is 0 Å². The lowest BCUT2D eigenvalue weighted by atomic mass is 10.1. The van der Waals surface area contributed by atoms with E-state index in [2.05, 4.69) is 19.1 Å². The van der Waals surface area contributed by atoms with E-state index in [-0.39, 0.29) is 5.97 Å². The van der Waals surface area contributed by atoms with Crippen molar-refractivity contribution in [1.29, 1.82) is 0 Å². The fourth-order valence-electron chi connectivity index (χ4n) is 1.31. The Labute approximate surface area is 91.3 Å². The quantitative estimate of drug-likeness (QED) is 0.692. The summed E-state index contributed by atoms with van der Waals surface area (Å²) in [5.74, 6) is -0.114. The molecule has 2 nitrogen and oxygen atoms in total. The maximum absolute atomic E-state index is 11.1. The summed E-state index contributed by atoms with van der Waals surface area (Å²) in [5, 5.41) is 0. The third-order valence-corrected chi connectivity index (χ3v) is 2.29. The molecule has 0 bridgehead atoms. The van der Waals surface area contributed by atoms with Gasteiger partial charge in [0, 0.05) is 6.42 Å². The summed E-state index contributed by atoms with van der Waals surface area (Å²) in [6, 6.07) is 8.17. The maximum Gasteiger partial charge on any atom is 0.306 e. The van der Waals surface area contributed by atoms with Crippen molar-refractivity contribution < 1.29 is 9.53 Å². The Hall–Kier alpha value is -1.31. The monoisotopic (exact) mass is 206 g/mol. The van der Waals surface area contributed by atoms with E-state index in [0.29, 0.717) is 13.0 Å². The van der Waals surface area contributed by atoms with Crippen LogP contribution in [0.3, 0.4) is 0 Å². The van der Waals surface area contributed by atoms with Gasteiger partial charge in [-0.15, -0.1) is 0 Å². The molecule has 0 radical (unpaired) electrons. The summed E-state index contributed by atoms with van der Waals surface area (Å²) in [5.41, 5.74) is 2.36. The second-order valence-corrected chi connectivity index (χ2v) is 3.58. The Balaban J connectivity index is 2.40. The number of benzene rings is 1. The summed E-state index contributed by atoms with van der Waals surface area (Å²) in [6.45, 7) is 4.48. The third kappa shape index (κ3) is 4.15. The first-order valence-corrected chi connectivity index (χ1v) is 5.49. The first kappa shape index (κ1) is 11.8. The predicted octanol–water partition coefficient (Wildman–Crippen LogP) is 3.09. The van der Waals surface area contributed by atoms with Crippen molar-refractivity contribution >= 4 is 5.97 Å². The zero-order chi connectivity index (χ0) is 11.1. The number of aryl methyl sites for hydroxylation is 1. The van der Waals surface area contributed by atoms with E-state index < -0.39 is 0 Å². The molecule has 1 aromatic carbocycles. The summed E-state index contributed by atoms with van der Waals surface area (Å²) < 4.78 is 5.10. The molecule has 0 aliphatic rings. The highest BCUT2D eigenvalue weighted by molar-refractivity contribution is 5.69. The van der Waals surface area contributed by atoms with Crippen molar-refractivity contribution in [2.45, 2.75) is 39.7 Å². The number of hydrogen-bond donors (Lipinski definition) is 0. The van der Waals surface area contributed by atoms with Crippen molar-refractivity contribution in [3.05, 3.63) is 35.4 Å². The van der Waals surface area contributed by atoms with Crippen LogP contribution in [0.2, 0.25) is 0 Å². The van der Waals surface area contributed by atoms with E-state index in [1.165, 1.54) is 5.56 Å². The molecule has 1 rings (SSSR count). The van der Waals surface area contributed by atoms with Gasteiger partial charge in [-0.05, 0) is 24.0 Å². The molecule has 2 heteroatoms. The normalized spacial score (nSPS) is 10.0. The lowest BCUT2D eigenvalue weighted by Gasteiger charge is -2.04. The van der Waals surface area contributed by atoms with Crippen LogP contribution in [0, 0.1) is 0 Å². The third-order valence-electron chi connectivity index (χ3n) is 2.29. The first-order chi connectivity index (χ1) is 7.26. The highest BCUT2D eigenvalue weighted by atomic mass is 16.5. The van der Waals surface area contributed by atoms with Gasteiger partial charge in [-0.1, -0.05) is 38.1 Å². The number of carbonyl (C=O) groups excluding carboxylic acids is 1. The van der Waals surface area contributed by atoms with Gasteiger partial charge in [0.2, 0.25) is 0 Å². The van der Waals surface area contributed by atoms with Gasteiger partial charge in [0.05, 0.1) is 0 Å². The Morgan fingerprint density at radius 2 is 1.73 bits per heavy atom. The fourth-order valence-corrected chi connectivity index (χ4v) is 1.31. The zero-order valence-corrected chi connectivity index (χ0v) is 9.45. The summed E-state index contributed by atoms with van der Waals surface area (Å²) in [4.78, 5) is 11.1. The number of rotatable bonds is 5. The molecule has 0 spiro atoms. The zero-order valence-electron chi connectivity index (χ0n) is 9.45. The number of hydrogen-bond acceptors (Lipinski definition) is 2. The number of carbonyl (C=O) groups is 1. The molecule has 0 unspecified atom stereocenters. The topological polar surface area (TPSA) is 26.3 Å². The van der Waals surface area contributed by atoms with Crippen LogP contribution in [0.4, 0.5) is 0 Å². The van der Waals surface area contributed by atoms with Gasteiger partial charge in [-0.3, -0.25) is 4.79 Å². The smallest absolute Gasteiger partial charge is 0.306 e. The fraction of sp³-hybridized carbons (Fsp3) is 0.462. The van der Waals surface area contributed by atoms with Gasteiger partial charge >= 0.3 is 5.97 Å². The minimum atomic E-state index is -0.114. The molecular formula is C13H18O2. The number of esters is 1. The van der Waals surface area contributed by atoms with Crippen LogP contribution < -0.4 is 0 Å². The standard InChI is InChI=1S/C13H18O2/c1-3-5-13(14)15-10-12-8-6-11(4-2)7-9-12/h6-9H,3-5,10H2,1-2H3. The molecule has 0 amide bonds. The van der Waals surface area contributed by atoms with Gasteiger partial charge in [-0.25, -0.2) is 0 Å². The molecule has 0 aliphatic carbocycles. The maximum atomic E-state index is 11.1. The van der Waals surface area contributed by atoms with Crippen LogP contribution in [-0.4, -0.2) is 5.97 Å². The summed E-state index contributed by atoms with van der Waals surface area (Å²) in [6.07, 6.45) is 2.39. The molecule has 0 atom stereocenters. The van der Waals surface area contributed by atoms with Gasteiger partial charge in [-0.2, -0.15) is 0 Å². The molecule has 0 aliphatic heterocycles. The molecular weight excluding hydrogens is 188 g/mol. The molecule has 1 aromatic rings. The lowest BCUT2D eigenvalue weighted by Crippen LogP contribution is -2.03. The minimum Gasteiger partial charge on any atom is -0.461 e. The predicted molar refractivity (Wildman–Crippen MR) is 60.5 cm³/mol. The average Bonchev–Trinajstić information content (AvgIpc) is 2.27. The van der Waals surface area contributed by atoms with Gasteiger partial charge < -0.3 is 4.74 Å². The minimum absolute atomic E-state index is 0.114. The van der Waals surface area contributed by atoms with Crippen molar-refractivity contribution in [2.24, 2.45) is 0 Å². The highest BCUT2D eigenvalue weighted by Crippen LogP contribution is 2.07. The van der Waals surface area contributed by atoms with Crippen molar-refractivity contribution in [2.75, 3.05) is 0 Å². The molecule has 0 fully saturated rings. The Bertz CT molecular complexity index is 301. The van der Waals surface area contributed by atoms with Crippen molar-refractivity contribution in [1.82, 2.24) is 0 Å².